The van der Waals surface area contributed by atoms with Crippen molar-refractivity contribution in [3.63, 3.8) is 0 Å². The van der Waals surface area contributed by atoms with Crippen LogP contribution < -0.4 is 9.88 Å². The van der Waals surface area contributed by atoms with Crippen LogP contribution in [-0.2, 0) is 10.0 Å². The third-order valence-electron chi connectivity index (χ3n) is 2.92. The maximum atomic E-state index is 11.1. The molecule has 0 heterocycles. The minimum absolute atomic E-state index is 0.0638. The Labute approximate surface area is 120 Å². The predicted molar refractivity (Wildman–Crippen MR) is 77.1 cm³/mol. The Morgan fingerprint density at radius 2 is 1.85 bits per heavy atom. The van der Waals surface area contributed by atoms with Gasteiger partial charge in [-0.3, -0.25) is 4.90 Å². The minimum Gasteiger partial charge on any atom is -0.492 e. The fourth-order valence-electron chi connectivity index (χ4n) is 1.76. The zero-order chi connectivity index (χ0) is 15.2. The molecule has 0 fully saturated rings. The zero-order valence-electron chi connectivity index (χ0n) is 11.8. The smallest absolute Gasteiger partial charge is 0.238 e. The van der Waals surface area contributed by atoms with E-state index < -0.39 is 10.0 Å². The second kappa shape index (κ2) is 7.58. The Kier molecular flexibility index (Phi) is 6.41. The van der Waals surface area contributed by atoms with Crippen molar-refractivity contribution in [3.05, 3.63) is 24.3 Å². The monoisotopic (exact) mass is 302 g/mol. The summed E-state index contributed by atoms with van der Waals surface area (Å²) < 4.78 is 27.7. The van der Waals surface area contributed by atoms with Crippen LogP contribution in [0.15, 0.2) is 29.2 Å². The first kappa shape index (κ1) is 16.9. The van der Waals surface area contributed by atoms with Crippen molar-refractivity contribution >= 4 is 10.0 Å². The summed E-state index contributed by atoms with van der Waals surface area (Å²) in [5, 5.41) is 14.0. The normalized spacial score (nSPS) is 12.1. The molecule has 20 heavy (non-hydrogen) atoms. The van der Waals surface area contributed by atoms with Gasteiger partial charge < -0.3 is 9.84 Å². The molecule has 0 saturated carbocycles. The van der Waals surface area contributed by atoms with Crippen molar-refractivity contribution in [2.75, 3.05) is 26.3 Å². The number of rotatable bonds is 8. The molecule has 7 heteroatoms. The van der Waals surface area contributed by atoms with Gasteiger partial charge in [-0.1, -0.05) is 0 Å². The van der Waals surface area contributed by atoms with Crippen LogP contribution in [0.5, 0.6) is 5.75 Å². The van der Waals surface area contributed by atoms with Gasteiger partial charge in [0.2, 0.25) is 10.0 Å². The lowest BCUT2D eigenvalue weighted by molar-refractivity contribution is 0.141. The predicted octanol–water partition coefficient (Wildman–Crippen LogP) is 0.416. The first-order valence-electron chi connectivity index (χ1n) is 6.45. The van der Waals surface area contributed by atoms with Gasteiger partial charge in [0.15, 0.2) is 0 Å². The first-order valence-corrected chi connectivity index (χ1v) is 8.00. The molecule has 114 valence electrons. The van der Waals surface area contributed by atoms with Crippen molar-refractivity contribution < 1.29 is 18.3 Å². The number of nitrogens with two attached hydrogens (primary N) is 1. The number of aliphatic hydroxyl groups excluding tert-OH is 1. The van der Waals surface area contributed by atoms with Gasteiger partial charge in [0.25, 0.3) is 0 Å². The molecule has 6 nitrogen and oxygen atoms in total. The van der Waals surface area contributed by atoms with Crippen LogP contribution in [0.25, 0.3) is 0 Å². The molecule has 0 bridgehead atoms. The third-order valence-corrected chi connectivity index (χ3v) is 3.85. The van der Waals surface area contributed by atoms with E-state index in [1.165, 1.54) is 12.1 Å². The summed E-state index contributed by atoms with van der Waals surface area (Å²) in [6.45, 7) is 5.97. The number of primary sulfonamides is 1. The quantitative estimate of drug-likeness (QED) is 0.726. The van der Waals surface area contributed by atoms with Gasteiger partial charge >= 0.3 is 0 Å². The number of aliphatic hydroxyl groups is 1. The van der Waals surface area contributed by atoms with E-state index in [1.807, 2.05) is 0 Å². The number of sulfonamides is 1. The van der Waals surface area contributed by atoms with Gasteiger partial charge in [-0.2, -0.15) is 0 Å². The highest BCUT2D eigenvalue weighted by Gasteiger charge is 2.09. The molecule has 0 saturated heterocycles. The lowest BCUT2D eigenvalue weighted by Crippen LogP contribution is -2.36. The highest BCUT2D eigenvalue weighted by atomic mass is 32.2. The van der Waals surface area contributed by atoms with Gasteiger partial charge in [0, 0.05) is 19.1 Å². The van der Waals surface area contributed by atoms with Crippen LogP contribution in [0.4, 0.5) is 0 Å². The number of benzene rings is 1. The summed E-state index contributed by atoms with van der Waals surface area (Å²) in [6, 6.07) is 6.31. The van der Waals surface area contributed by atoms with Crippen molar-refractivity contribution in [1.82, 2.24) is 4.90 Å². The fourth-order valence-corrected chi connectivity index (χ4v) is 2.28. The van der Waals surface area contributed by atoms with Crippen LogP contribution in [0, 0.1) is 0 Å². The van der Waals surface area contributed by atoms with Crippen LogP contribution in [0.3, 0.4) is 0 Å². The van der Waals surface area contributed by atoms with E-state index in [1.54, 1.807) is 12.1 Å². The number of ether oxygens (including phenoxy) is 1. The molecule has 0 atom stereocenters. The molecular weight excluding hydrogens is 280 g/mol. The van der Waals surface area contributed by atoms with Crippen LogP contribution in [0.1, 0.15) is 13.8 Å². The average molecular weight is 302 g/mol. The highest BCUT2D eigenvalue weighted by molar-refractivity contribution is 7.89. The maximum Gasteiger partial charge on any atom is 0.238 e. The Bertz CT molecular complexity index is 500. The van der Waals surface area contributed by atoms with Crippen LogP contribution in [-0.4, -0.2) is 50.8 Å². The van der Waals surface area contributed by atoms with Crippen LogP contribution >= 0.6 is 0 Å². The van der Waals surface area contributed by atoms with Crippen molar-refractivity contribution in [2.45, 2.75) is 24.8 Å². The molecular formula is C13H22N2O4S. The Balaban J connectivity index is 2.50. The SMILES string of the molecule is CC(C)N(CCO)CCOc1ccc(S(N)(=O)=O)cc1. The van der Waals surface area contributed by atoms with Crippen molar-refractivity contribution in [3.8, 4) is 5.75 Å². The van der Waals surface area contributed by atoms with E-state index >= 15 is 0 Å². The van der Waals surface area contributed by atoms with E-state index in [9.17, 15) is 8.42 Å². The average Bonchev–Trinajstić information content (AvgIpc) is 2.37. The van der Waals surface area contributed by atoms with Gasteiger partial charge in [-0.15, -0.1) is 0 Å². The molecule has 0 radical (unpaired) electrons. The molecule has 0 aliphatic heterocycles. The Morgan fingerprint density at radius 1 is 1.25 bits per heavy atom. The van der Waals surface area contributed by atoms with Crippen molar-refractivity contribution in [2.24, 2.45) is 5.14 Å². The number of nitrogens with zero attached hydrogens (tertiary/aromatic N) is 1. The molecule has 1 aromatic carbocycles. The van der Waals surface area contributed by atoms with E-state index in [4.69, 9.17) is 15.0 Å². The lowest BCUT2D eigenvalue weighted by Gasteiger charge is -2.25. The highest BCUT2D eigenvalue weighted by Crippen LogP contribution is 2.14. The summed E-state index contributed by atoms with van der Waals surface area (Å²) in [7, 11) is -3.66. The lowest BCUT2D eigenvalue weighted by atomic mass is 10.3. The largest absolute Gasteiger partial charge is 0.492 e. The first-order chi connectivity index (χ1) is 9.34. The van der Waals surface area contributed by atoms with Crippen molar-refractivity contribution in [1.29, 1.82) is 0 Å². The topological polar surface area (TPSA) is 92.9 Å². The molecule has 0 amide bonds. The molecule has 0 aromatic heterocycles. The summed E-state index contributed by atoms with van der Waals surface area (Å²) in [5.74, 6) is 0.588. The third kappa shape index (κ3) is 5.46. The summed E-state index contributed by atoms with van der Waals surface area (Å²) in [6.07, 6.45) is 0. The molecule has 1 rings (SSSR count). The second-order valence-electron chi connectivity index (χ2n) is 4.72. The summed E-state index contributed by atoms with van der Waals surface area (Å²) >= 11 is 0. The molecule has 1 aromatic rings. The Hall–Kier alpha value is -1.15. The zero-order valence-corrected chi connectivity index (χ0v) is 12.6. The second-order valence-corrected chi connectivity index (χ2v) is 6.28. The summed E-state index contributed by atoms with van der Waals surface area (Å²) in [5.41, 5.74) is 0. The number of hydrogen-bond donors (Lipinski definition) is 2. The molecule has 0 aliphatic rings. The minimum atomic E-state index is -3.66. The van der Waals surface area contributed by atoms with Gasteiger partial charge in [0.1, 0.15) is 12.4 Å². The van der Waals surface area contributed by atoms with Gasteiger partial charge in [-0.05, 0) is 38.1 Å². The Morgan fingerprint density at radius 3 is 2.30 bits per heavy atom. The fraction of sp³-hybridized carbons (Fsp3) is 0.538. The van der Waals surface area contributed by atoms with E-state index in [2.05, 4.69) is 18.7 Å². The number of hydrogen-bond acceptors (Lipinski definition) is 5. The van der Waals surface area contributed by atoms with Crippen LogP contribution in [0.2, 0.25) is 0 Å². The van der Waals surface area contributed by atoms with E-state index in [-0.39, 0.29) is 11.5 Å². The molecule has 0 unspecified atom stereocenters. The standard InChI is InChI=1S/C13H22N2O4S/c1-11(2)15(7-9-16)8-10-19-12-3-5-13(6-4-12)20(14,17)18/h3-6,11,16H,7-10H2,1-2H3,(H2,14,17,18). The molecule has 0 aliphatic carbocycles. The molecule has 0 spiro atoms. The summed E-state index contributed by atoms with van der Waals surface area (Å²) in [4.78, 5) is 2.16. The maximum absolute atomic E-state index is 11.1. The van der Waals surface area contributed by atoms with Gasteiger partial charge in [-0.25, -0.2) is 13.6 Å². The van der Waals surface area contributed by atoms with E-state index in [0.717, 1.165) is 0 Å². The molecule has 3 N–H and O–H groups in total. The van der Waals surface area contributed by atoms with E-state index in [0.29, 0.717) is 31.5 Å². The van der Waals surface area contributed by atoms with Gasteiger partial charge in [0.05, 0.1) is 11.5 Å².